The summed E-state index contributed by atoms with van der Waals surface area (Å²) in [5.74, 6) is 1.44. The molecule has 0 radical (unpaired) electrons. The van der Waals surface area contributed by atoms with E-state index >= 15 is 0 Å². The Morgan fingerprint density at radius 1 is 1.26 bits per heavy atom. The standard InChI is InChI=1S/C16H30N2O/c1-3-17-15-6-8-16(19)12(2)18(11-13-4-5-13)9-7-14(16)10-15/h12-15,17,19H,3-11H2,1-2H3/t12-,14?,15?,16?/m1/s1. The second-order valence-corrected chi connectivity index (χ2v) is 7.12. The Hall–Kier alpha value is -0.120. The Balaban J connectivity index is 1.64. The molecule has 110 valence electrons. The summed E-state index contributed by atoms with van der Waals surface area (Å²) in [5, 5.41) is 14.8. The lowest BCUT2D eigenvalue weighted by Gasteiger charge is -2.54. The largest absolute Gasteiger partial charge is 0.388 e. The lowest BCUT2D eigenvalue weighted by atomic mass is 9.66. The number of likely N-dealkylation sites (tertiary alicyclic amines) is 1. The zero-order valence-corrected chi connectivity index (χ0v) is 12.6. The summed E-state index contributed by atoms with van der Waals surface area (Å²) < 4.78 is 0. The normalized spacial score (nSPS) is 44.1. The van der Waals surface area contributed by atoms with Crippen molar-refractivity contribution in [3.05, 3.63) is 0 Å². The molecule has 19 heavy (non-hydrogen) atoms. The van der Waals surface area contributed by atoms with Crippen LogP contribution in [0, 0.1) is 11.8 Å². The van der Waals surface area contributed by atoms with Crippen LogP contribution in [0.15, 0.2) is 0 Å². The topological polar surface area (TPSA) is 35.5 Å². The Morgan fingerprint density at radius 2 is 2.05 bits per heavy atom. The highest BCUT2D eigenvalue weighted by atomic mass is 16.3. The van der Waals surface area contributed by atoms with Crippen LogP contribution in [0.3, 0.4) is 0 Å². The first kappa shape index (κ1) is 13.8. The maximum Gasteiger partial charge on any atom is 0.0829 e. The van der Waals surface area contributed by atoms with E-state index in [0.29, 0.717) is 18.0 Å². The van der Waals surface area contributed by atoms with Crippen LogP contribution in [0.4, 0.5) is 0 Å². The van der Waals surface area contributed by atoms with E-state index in [4.69, 9.17) is 0 Å². The molecular weight excluding hydrogens is 236 g/mol. The van der Waals surface area contributed by atoms with Gasteiger partial charge in [-0.25, -0.2) is 0 Å². The maximum atomic E-state index is 11.2. The molecule has 1 aliphatic heterocycles. The molecule has 0 aromatic carbocycles. The number of hydrogen-bond acceptors (Lipinski definition) is 3. The highest BCUT2D eigenvalue weighted by molar-refractivity contribution is 5.04. The number of fused-ring (bicyclic) bond motifs is 1. The van der Waals surface area contributed by atoms with Gasteiger partial charge in [-0.05, 0) is 70.4 Å². The highest BCUT2D eigenvalue weighted by Gasteiger charge is 2.50. The molecule has 3 unspecified atom stereocenters. The SMILES string of the molecule is CCNC1CCC2(O)C(CCN(CC3CC3)[C@@H]2C)C1. The van der Waals surface area contributed by atoms with E-state index in [0.717, 1.165) is 25.3 Å². The minimum atomic E-state index is -0.418. The summed E-state index contributed by atoms with van der Waals surface area (Å²) in [4.78, 5) is 2.57. The molecule has 2 N–H and O–H groups in total. The van der Waals surface area contributed by atoms with E-state index in [-0.39, 0.29) is 0 Å². The Bertz CT molecular complexity index is 318. The van der Waals surface area contributed by atoms with Gasteiger partial charge in [0, 0.05) is 18.6 Å². The molecule has 0 bridgehead atoms. The molecule has 4 atom stereocenters. The average Bonchev–Trinajstić information content (AvgIpc) is 3.20. The quantitative estimate of drug-likeness (QED) is 0.817. The summed E-state index contributed by atoms with van der Waals surface area (Å²) >= 11 is 0. The fourth-order valence-corrected chi connectivity index (χ4v) is 4.38. The van der Waals surface area contributed by atoms with Gasteiger partial charge in [-0.2, -0.15) is 0 Å². The molecule has 0 spiro atoms. The van der Waals surface area contributed by atoms with E-state index in [1.165, 1.54) is 38.8 Å². The van der Waals surface area contributed by atoms with E-state index in [1.54, 1.807) is 0 Å². The number of nitrogens with one attached hydrogen (secondary N) is 1. The van der Waals surface area contributed by atoms with E-state index in [9.17, 15) is 5.11 Å². The van der Waals surface area contributed by atoms with Gasteiger partial charge < -0.3 is 10.4 Å². The van der Waals surface area contributed by atoms with Crippen LogP contribution >= 0.6 is 0 Å². The second kappa shape index (κ2) is 5.34. The summed E-state index contributed by atoms with van der Waals surface area (Å²) in [5.41, 5.74) is -0.418. The third-order valence-corrected chi connectivity index (χ3v) is 5.89. The van der Waals surface area contributed by atoms with Gasteiger partial charge in [0.15, 0.2) is 0 Å². The van der Waals surface area contributed by atoms with Gasteiger partial charge in [-0.1, -0.05) is 6.92 Å². The molecule has 3 nitrogen and oxygen atoms in total. The Morgan fingerprint density at radius 3 is 2.74 bits per heavy atom. The van der Waals surface area contributed by atoms with Gasteiger partial charge in [0.05, 0.1) is 5.60 Å². The van der Waals surface area contributed by atoms with Crippen molar-refractivity contribution in [1.82, 2.24) is 10.2 Å². The maximum absolute atomic E-state index is 11.2. The lowest BCUT2D eigenvalue weighted by molar-refractivity contribution is -0.140. The molecule has 2 saturated carbocycles. The zero-order chi connectivity index (χ0) is 13.5. The minimum Gasteiger partial charge on any atom is -0.388 e. The summed E-state index contributed by atoms with van der Waals surface area (Å²) in [6.07, 6.45) is 7.31. The first-order chi connectivity index (χ1) is 9.13. The van der Waals surface area contributed by atoms with Crippen LogP contribution in [0.25, 0.3) is 0 Å². The molecule has 0 aromatic heterocycles. The molecule has 1 saturated heterocycles. The Labute approximate surface area is 117 Å². The van der Waals surface area contributed by atoms with Crippen molar-refractivity contribution in [3.8, 4) is 0 Å². The third kappa shape index (κ3) is 2.70. The number of piperidine rings is 1. The van der Waals surface area contributed by atoms with Gasteiger partial charge in [0.2, 0.25) is 0 Å². The van der Waals surface area contributed by atoms with Gasteiger partial charge in [-0.15, -0.1) is 0 Å². The second-order valence-electron chi connectivity index (χ2n) is 7.12. The summed E-state index contributed by atoms with van der Waals surface area (Å²) in [7, 11) is 0. The summed E-state index contributed by atoms with van der Waals surface area (Å²) in [6.45, 7) is 7.93. The smallest absolute Gasteiger partial charge is 0.0829 e. The molecule has 3 heteroatoms. The molecule has 3 rings (SSSR count). The molecule has 1 heterocycles. The number of nitrogens with zero attached hydrogens (tertiary/aromatic N) is 1. The third-order valence-electron chi connectivity index (χ3n) is 5.89. The van der Waals surface area contributed by atoms with Crippen molar-refractivity contribution in [2.75, 3.05) is 19.6 Å². The van der Waals surface area contributed by atoms with Crippen molar-refractivity contribution < 1.29 is 5.11 Å². The van der Waals surface area contributed by atoms with Crippen LogP contribution < -0.4 is 5.32 Å². The number of hydrogen-bond donors (Lipinski definition) is 2. The lowest BCUT2D eigenvalue weighted by Crippen LogP contribution is -2.63. The fraction of sp³-hybridized carbons (Fsp3) is 1.00. The van der Waals surface area contributed by atoms with Crippen LogP contribution in [-0.2, 0) is 0 Å². The first-order valence-electron chi connectivity index (χ1n) is 8.33. The van der Waals surface area contributed by atoms with Gasteiger partial charge in [0.1, 0.15) is 0 Å². The summed E-state index contributed by atoms with van der Waals surface area (Å²) in [6, 6.07) is 0.992. The van der Waals surface area contributed by atoms with Gasteiger partial charge >= 0.3 is 0 Å². The van der Waals surface area contributed by atoms with Crippen molar-refractivity contribution in [2.24, 2.45) is 11.8 Å². The monoisotopic (exact) mass is 266 g/mol. The zero-order valence-electron chi connectivity index (χ0n) is 12.6. The van der Waals surface area contributed by atoms with Crippen molar-refractivity contribution in [1.29, 1.82) is 0 Å². The van der Waals surface area contributed by atoms with Crippen LogP contribution in [0.2, 0.25) is 0 Å². The van der Waals surface area contributed by atoms with Crippen LogP contribution in [0.5, 0.6) is 0 Å². The van der Waals surface area contributed by atoms with Gasteiger partial charge in [0.25, 0.3) is 0 Å². The molecule has 0 aromatic rings. The fourth-order valence-electron chi connectivity index (χ4n) is 4.38. The Kier molecular flexibility index (Phi) is 3.89. The minimum absolute atomic E-state index is 0.356. The van der Waals surface area contributed by atoms with Crippen molar-refractivity contribution >= 4 is 0 Å². The van der Waals surface area contributed by atoms with E-state index in [2.05, 4.69) is 24.1 Å². The molecule has 2 aliphatic carbocycles. The van der Waals surface area contributed by atoms with E-state index < -0.39 is 5.60 Å². The predicted octanol–water partition coefficient (Wildman–Crippen LogP) is 2.00. The molecular formula is C16H30N2O. The molecule has 3 fully saturated rings. The predicted molar refractivity (Wildman–Crippen MR) is 78.1 cm³/mol. The van der Waals surface area contributed by atoms with Crippen molar-refractivity contribution in [3.63, 3.8) is 0 Å². The van der Waals surface area contributed by atoms with Crippen molar-refractivity contribution in [2.45, 2.75) is 70.1 Å². The van der Waals surface area contributed by atoms with Gasteiger partial charge in [-0.3, -0.25) is 4.90 Å². The van der Waals surface area contributed by atoms with Crippen LogP contribution in [-0.4, -0.2) is 47.3 Å². The molecule has 0 amide bonds. The highest BCUT2D eigenvalue weighted by Crippen LogP contribution is 2.44. The number of aliphatic hydroxyl groups is 1. The first-order valence-corrected chi connectivity index (χ1v) is 8.33. The van der Waals surface area contributed by atoms with Crippen LogP contribution in [0.1, 0.15) is 52.4 Å². The molecule has 3 aliphatic rings. The van der Waals surface area contributed by atoms with E-state index in [1.807, 2.05) is 0 Å². The number of rotatable bonds is 4. The average molecular weight is 266 g/mol.